The normalized spacial score (nSPS) is 13.4. The first-order valence-electron chi connectivity index (χ1n) is 10.1. The van der Waals surface area contributed by atoms with Gasteiger partial charge in [-0.25, -0.2) is 0 Å². The zero-order chi connectivity index (χ0) is 21.5. The van der Waals surface area contributed by atoms with Crippen molar-refractivity contribution in [2.45, 2.75) is 0 Å². The number of thiocarbonyl (C=S) groups is 1. The van der Waals surface area contributed by atoms with Crippen LogP contribution in [0.25, 0.3) is 0 Å². The minimum atomic E-state index is -0.270. The Hall–Kier alpha value is -3.42. The average molecular weight is 434 g/mol. The van der Waals surface area contributed by atoms with Crippen molar-refractivity contribution in [1.29, 1.82) is 0 Å². The highest BCUT2D eigenvalue weighted by atomic mass is 32.1. The van der Waals surface area contributed by atoms with E-state index in [4.69, 9.17) is 21.7 Å². The molecule has 0 bridgehead atoms. The number of para-hydroxylation sites is 1. The summed E-state index contributed by atoms with van der Waals surface area (Å²) in [5, 5.41) is 6.05. The molecule has 158 valence electrons. The molecule has 0 aromatic heterocycles. The van der Waals surface area contributed by atoms with Gasteiger partial charge in [-0.1, -0.05) is 36.4 Å². The van der Waals surface area contributed by atoms with E-state index >= 15 is 0 Å². The number of carbonyl (C=O) groups is 1. The summed E-state index contributed by atoms with van der Waals surface area (Å²) in [5.41, 5.74) is 2.24. The maximum atomic E-state index is 12.4. The highest BCUT2D eigenvalue weighted by molar-refractivity contribution is 7.80. The molecule has 7 heteroatoms. The molecule has 1 fully saturated rings. The smallest absolute Gasteiger partial charge is 0.257 e. The molecule has 1 aliphatic rings. The Morgan fingerprint density at radius 3 is 2.32 bits per heavy atom. The fourth-order valence-corrected chi connectivity index (χ4v) is 3.46. The largest absolute Gasteiger partial charge is 0.455 e. The van der Waals surface area contributed by atoms with Gasteiger partial charge in [0.15, 0.2) is 10.9 Å². The van der Waals surface area contributed by atoms with Gasteiger partial charge in [0.05, 0.1) is 18.9 Å². The topological polar surface area (TPSA) is 62.8 Å². The number of hydrogen-bond acceptors (Lipinski definition) is 5. The third kappa shape index (κ3) is 5.59. The highest BCUT2D eigenvalue weighted by Gasteiger charge is 2.16. The van der Waals surface area contributed by atoms with E-state index in [9.17, 15) is 4.79 Å². The van der Waals surface area contributed by atoms with Crippen LogP contribution in [0.2, 0.25) is 0 Å². The third-order valence-corrected chi connectivity index (χ3v) is 5.03. The Morgan fingerprint density at radius 1 is 0.935 bits per heavy atom. The molecule has 31 heavy (non-hydrogen) atoms. The molecule has 2 N–H and O–H groups in total. The summed E-state index contributed by atoms with van der Waals surface area (Å²) in [7, 11) is 0. The summed E-state index contributed by atoms with van der Waals surface area (Å²) in [6.45, 7) is 3.01. The molecular formula is C24H23N3O3S. The molecule has 3 aromatic rings. The second-order valence-electron chi connectivity index (χ2n) is 6.97. The lowest BCUT2D eigenvalue weighted by molar-refractivity contribution is 0.0977. The van der Waals surface area contributed by atoms with E-state index in [1.807, 2.05) is 66.7 Å². The van der Waals surface area contributed by atoms with Gasteiger partial charge in [0.25, 0.3) is 5.91 Å². The lowest BCUT2D eigenvalue weighted by Crippen LogP contribution is -2.36. The van der Waals surface area contributed by atoms with Crippen molar-refractivity contribution in [3.05, 3.63) is 84.4 Å². The maximum absolute atomic E-state index is 12.4. The Labute approximate surface area is 186 Å². The molecule has 3 aromatic carbocycles. The molecular weight excluding hydrogens is 410 g/mol. The SMILES string of the molecule is O=C(NC(=S)Nc1cc(N2CCOCC2)ccc1Oc1ccccc1)c1ccccc1. The van der Waals surface area contributed by atoms with Gasteiger partial charge in [-0.3, -0.25) is 10.1 Å². The van der Waals surface area contributed by atoms with Gasteiger partial charge in [-0.2, -0.15) is 0 Å². The van der Waals surface area contributed by atoms with Crippen molar-refractivity contribution in [2.24, 2.45) is 0 Å². The van der Waals surface area contributed by atoms with Gasteiger partial charge >= 0.3 is 0 Å². The quantitative estimate of drug-likeness (QED) is 0.580. The lowest BCUT2D eigenvalue weighted by atomic mass is 10.2. The Balaban J connectivity index is 1.54. The summed E-state index contributed by atoms with van der Waals surface area (Å²) in [6.07, 6.45) is 0. The fraction of sp³-hybridized carbons (Fsp3) is 0.167. The second-order valence-corrected chi connectivity index (χ2v) is 7.38. The van der Waals surface area contributed by atoms with Crippen molar-refractivity contribution >= 4 is 34.6 Å². The molecule has 1 saturated heterocycles. The molecule has 0 aliphatic carbocycles. The van der Waals surface area contributed by atoms with Crippen molar-refractivity contribution in [2.75, 3.05) is 36.5 Å². The molecule has 4 rings (SSSR count). The molecule has 0 saturated carbocycles. The summed E-state index contributed by atoms with van der Waals surface area (Å²) >= 11 is 5.40. The van der Waals surface area contributed by atoms with Crippen LogP contribution in [0.3, 0.4) is 0 Å². The van der Waals surface area contributed by atoms with E-state index in [0.29, 0.717) is 36.0 Å². The lowest BCUT2D eigenvalue weighted by Gasteiger charge is -2.29. The van der Waals surface area contributed by atoms with Crippen LogP contribution in [0.5, 0.6) is 11.5 Å². The molecule has 0 spiro atoms. The number of rotatable bonds is 5. The van der Waals surface area contributed by atoms with Crippen molar-refractivity contribution in [3.63, 3.8) is 0 Å². The van der Waals surface area contributed by atoms with Crippen LogP contribution in [0.15, 0.2) is 78.9 Å². The standard InChI is InChI=1S/C24H23N3O3S/c28-23(18-7-3-1-4-8-18)26-24(31)25-21-17-19(27-13-15-29-16-14-27)11-12-22(21)30-20-9-5-2-6-10-20/h1-12,17H,13-16H2,(H2,25,26,28,31). The van der Waals surface area contributed by atoms with E-state index in [1.54, 1.807) is 12.1 Å². The summed E-state index contributed by atoms with van der Waals surface area (Å²) < 4.78 is 11.5. The number of ether oxygens (including phenoxy) is 2. The minimum Gasteiger partial charge on any atom is -0.455 e. The highest BCUT2D eigenvalue weighted by Crippen LogP contribution is 2.33. The molecule has 6 nitrogen and oxygen atoms in total. The molecule has 1 heterocycles. The number of amides is 1. The monoisotopic (exact) mass is 433 g/mol. The third-order valence-electron chi connectivity index (χ3n) is 4.82. The van der Waals surface area contributed by atoms with Crippen LogP contribution in [0, 0.1) is 0 Å². The predicted octanol–water partition coefficient (Wildman–Crippen LogP) is 4.44. The van der Waals surface area contributed by atoms with E-state index in [1.165, 1.54) is 0 Å². The van der Waals surface area contributed by atoms with E-state index in [0.717, 1.165) is 18.8 Å². The van der Waals surface area contributed by atoms with Crippen LogP contribution < -0.4 is 20.3 Å². The zero-order valence-electron chi connectivity index (χ0n) is 16.9. The van der Waals surface area contributed by atoms with Crippen molar-refractivity contribution < 1.29 is 14.3 Å². The number of hydrogen-bond donors (Lipinski definition) is 2. The number of benzene rings is 3. The van der Waals surface area contributed by atoms with E-state index in [2.05, 4.69) is 15.5 Å². The van der Waals surface area contributed by atoms with E-state index < -0.39 is 0 Å². The number of carbonyl (C=O) groups excluding carboxylic acids is 1. The van der Waals surface area contributed by atoms with Crippen molar-refractivity contribution in [1.82, 2.24) is 5.32 Å². The second kappa shape index (κ2) is 10.1. The maximum Gasteiger partial charge on any atom is 0.257 e. The molecule has 1 amide bonds. The summed E-state index contributed by atoms with van der Waals surface area (Å²) in [4.78, 5) is 14.7. The van der Waals surface area contributed by atoms with Gasteiger partial charge in [-0.05, 0) is 54.7 Å². The first-order chi connectivity index (χ1) is 15.2. The molecule has 0 unspecified atom stereocenters. The van der Waals surface area contributed by atoms with Crippen LogP contribution in [0.4, 0.5) is 11.4 Å². The van der Waals surface area contributed by atoms with Crippen LogP contribution in [-0.2, 0) is 4.74 Å². The molecule has 0 atom stereocenters. The predicted molar refractivity (Wildman–Crippen MR) is 126 cm³/mol. The first-order valence-corrected chi connectivity index (χ1v) is 10.5. The van der Waals surface area contributed by atoms with Gasteiger partial charge in [-0.15, -0.1) is 0 Å². The van der Waals surface area contributed by atoms with Crippen molar-refractivity contribution in [3.8, 4) is 11.5 Å². The molecule has 1 aliphatic heterocycles. The van der Waals surface area contributed by atoms with Gasteiger partial charge in [0, 0.05) is 24.3 Å². The van der Waals surface area contributed by atoms with Gasteiger partial charge in [0.2, 0.25) is 0 Å². The van der Waals surface area contributed by atoms with Gasteiger partial charge in [0.1, 0.15) is 5.75 Å². The summed E-state index contributed by atoms with van der Waals surface area (Å²) in [5.74, 6) is 1.05. The van der Waals surface area contributed by atoms with Crippen LogP contribution >= 0.6 is 12.2 Å². The Bertz CT molecular complexity index is 1040. The summed E-state index contributed by atoms with van der Waals surface area (Å²) in [6, 6.07) is 24.4. The fourth-order valence-electron chi connectivity index (χ4n) is 3.26. The number of nitrogens with one attached hydrogen (secondary N) is 2. The number of morpholine rings is 1. The Kier molecular flexibility index (Phi) is 6.76. The Morgan fingerprint density at radius 2 is 1.61 bits per heavy atom. The number of anilines is 2. The first kappa shape index (κ1) is 20.8. The van der Waals surface area contributed by atoms with Crippen LogP contribution in [0.1, 0.15) is 10.4 Å². The van der Waals surface area contributed by atoms with Crippen LogP contribution in [-0.4, -0.2) is 37.3 Å². The minimum absolute atomic E-state index is 0.200. The number of nitrogens with zero attached hydrogens (tertiary/aromatic N) is 1. The van der Waals surface area contributed by atoms with Gasteiger partial charge < -0.3 is 19.7 Å². The van der Waals surface area contributed by atoms with E-state index in [-0.39, 0.29) is 11.0 Å². The molecule has 0 radical (unpaired) electrons. The average Bonchev–Trinajstić information content (AvgIpc) is 2.82. The zero-order valence-corrected chi connectivity index (χ0v) is 17.7.